The summed E-state index contributed by atoms with van der Waals surface area (Å²) in [6.07, 6.45) is 4.34. The summed E-state index contributed by atoms with van der Waals surface area (Å²) < 4.78 is 5.66. The number of carbonyl (C=O) groups is 1. The highest BCUT2D eigenvalue weighted by Gasteiger charge is 2.25. The standard InChI is InChI=1S/C23H25N3O2S/c1-17-10-11-20(28-17)22-24-18(2)21(29-22)23(27)26-15-13-25(14-16-26)12-6-9-19-7-4-3-5-8-19/h3-11H,12-16H2,1-2H3/b9-6+. The second-order valence-corrected chi connectivity index (χ2v) is 8.25. The van der Waals surface area contributed by atoms with E-state index in [2.05, 4.69) is 34.2 Å². The van der Waals surface area contributed by atoms with Crippen LogP contribution in [-0.4, -0.2) is 53.4 Å². The van der Waals surface area contributed by atoms with E-state index in [1.54, 1.807) is 0 Å². The van der Waals surface area contributed by atoms with E-state index < -0.39 is 0 Å². The number of hydrogen-bond acceptors (Lipinski definition) is 5. The maximum atomic E-state index is 13.0. The van der Waals surface area contributed by atoms with E-state index in [9.17, 15) is 4.79 Å². The molecule has 0 saturated carbocycles. The maximum absolute atomic E-state index is 13.0. The molecule has 29 heavy (non-hydrogen) atoms. The van der Waals surface area contributed by atoms with E-state index in [1.807, 2.05) is 49.1 Å². The molecule has 1 aromatic carbocycles. The average Bonchev–Trinajstić information content (AvgIpc) is 3.34. The van der Waals surface area contributed by atoms with Gasteiger partial charge >= 0.3 is 0 Å². The molecule has 0 spiro atoms. The van der Waals surface area contributed by atoms with Gasteiger partial charge in [-0.15, -0.1) is 11.3 Å². The van der Waals surface area contributed by atoms with Gasteiger partial charge in [-0.3, -0.25) is 9.69 Å². The number of benzene rings is 1. The van der Waals surface area contributed by atoms with Crippen molar-refractivity contribution < 1.29 is 9.21 Å². The van der Waals surface area contributed by atoms with Crippen LogP contribution in [0.1, 0.15) is 26.7 Å². The van der Waals surface area contributed by atoms with Gasteiger partial charge in [0.2, 0.25) is 0 Å². The molecule has 3 heterocycles. The second kappa shape index (κ2) is 8.76. The number of aromatic nitrogens is 1. The molecule has 1 saturated heterocycles. The first-order valence-corrected chi connectivity index (χ1v) is 10.7. The molecule has 0 N–H and O–H groups in total. The average molecular weight is 408 g/mol. The molecule has 1 aliphatic heterocycles. The maximum Gasteiger partial charge on any atom is 0.265 e. The van der Waals surface area contributed by atoms with Crippen LogP contribution in [0.2, 0.25) is 0 Å². The van der Waals surface area contributed by atoms with Gasteiger partial charge in [0.15, 0.2) is 10.8 Å². The highest BCUT2D eigenvalue weighted by Crippen LogP contribution is 2.30. The Morgan fingerprint density at radius 3 is 2.55 bits per heavy atom. The number of aryl methyl sites for hydroxylation is 2. The van der Waals surface area contributed by atoms with Crippen LogP contribution in [0.25, 0.3) is 16.8 Å². The van der Waals surface area contributed by atoms with E-state index in [0.29, 0.717) is 4.88 Å². The van der Waals surface area contributed by atoms with Gasteiger partial charge in [0.1, 0.15) is 10.6 Å². The summed E-state index contributed by atoms with van der Waals surface area (Å²) in [5.74, 6) is 1.65. The molecule has 0 atom stereocenters. The minimum atomic E-state index is 0.0778. The Morgan fingerprint density at radius 2 is 1.86 bits per heavy atom. The fourth-order valence-corrected chi connectivity index (χ4v) is 4.42. The molecular weight excluding hydrogens is 382 g/mol. The third-order valence-corrected chi connectivity index (χ3v) is 6.23. The number of hydrogen-bond donors (Lipinski definition) is 0. The molecule has 5 nitrogen and oxygen atoms in total. The smallest absolute Gasteiger partial charge is 0.265 e. The summed E-state index contributed by atoms with van der Waals surface area (Å²) in [7, 11) is 0. The molecule has 1 fully saturated rings. The summed E-state index contributed by atoms with van der Waals surface area (Å²) in [4.78, 5) is 22.6. The molecule has 1 aliphatic rings. The molecule has 0 unspecified atom stereocenters. The zero-order chi connectivity index (χ0) is 20.2. The van der Waals surface area contributed by atoms with Crippen molar-refractivity contribution in [2.45, 2.75) is 13.8 Å². The van der Waals surface area contributed by atoms with E-state index in [4.69, 9.17) is 4.42 Å². The Hall–Kier alpha value is -2.70. The minimum absolute atomic E-state index is 0.0778. The van der Waals surface area contributed by atoms with Crippen LogP contribution >= 0.6 is 11.3 Å². The molecule has 1 amide bonds. The molecule has 0 aliphatic carbocycles. The van der Waals surface area contributed by atoms with Gasteiger partial charge in [-0.2, -0.15) is 0 Å². The van der Waals surface area contributed by atoms with Crippen molar-refractivity contribution in [1.82, 2.24) is 14.8 Å². The van der Waals surface area contributed by atoms with Crippen LogP contribution < -0.4 is 0 Å². The first-order valence-electron chi connectivity index (χ1n) is 9.87. The number of amides is 1. The third-order valence-electron chi connectivity index (χ3n) is 5.07. The predicted molar refractivity (Wildman–Crippen MR) is 117 cm³/mol. The van der Waals surface area contributed by atoms with Crippen LogP contribution in [0, 0.1) is 13.8 Å². The first-order chi connectivity index (χ1) is 14.1. The Labute approximate surface area is 175 Å². The van der Waals surface area contributed by atoms with E-state index in [-0.39, 0.29) is 5.91 Å². The highest BCUT2D eigenvalue weighted by atomic mass is 32.1. The quantitative estimate of drug-likeness (QED) is 0.625. The van der Waals surface area contributed by atoms with Crippen molar-refractivity contribution in [3.63, 3.8) is 0 Å². The normalized spacial score (nSPS) is 15.3. The van der Waals surface area contributed by atoms with Crippen molar-refractivity contribution in [2.24, 2.45) is 0 Å². The summed E-state index contributed by atoms with van der Waals surface area (Å²) >= 11 is 1.42. The lowest BCUT2D eigenvalue weighted by atomic mass is 10.2. The Bertz CT molecular complexity index is 998. The van der Waals surface area contributed by atoms with E-state index in [0.717, 1.165) is 54.9 Å². The van der Waals surface area contributed by atoms with Gasteiger partial charge in [-0.1, -0.05) is 42.5 Å². The molecule has 4 rings (SSSR count). The number of piperazine rings is 1. The van der Waals surface area contributed by atoms with Crippen LogP contribution in [0.4, 0.5) is 0 Å². The Morgan fingerprint density at radius 1 is 1.10 bits per heavy atom. The predicted octanol–water partition coefficient (Wildman–Crippen LogP) is 4.49. The lowest BCUT2D eigenvalue weighted by Gasteiger charge is -2.34. The van der Waals surface area contributed by atoms with Crippen molar-refractivity contribution in [1.29, 1.82) is 0 Å². The van der Waals surface area contributed by atoms with E-state index >= 15 is 0 Å². The van der Waals surface area contributed by atoms with Gasteiger partial charge in [0.25, 0.3) is 5.91 Å². The molecule has 0 bridgehead atoms. The van der Waals surface area contributed by atoms with Crippen molar-refractivity contribution in [3.05, 3.63) is 70.4 Å². The Balaban J connectivity index is 1.33. The summed E-state index contributed by atoms with van der Waals surface area (Å²) in [6, 6.07) is 14.1. The van der Waals surface area contributed by atoms with E-state index in [1.165, 1.54) is 16.9 Å². The lowest BCUT2D eigenvalue weighted by Crippen LogP contribution is -2.48. The lowest BCUT2D eigenvalue weighted by molar-refractivity contribution is 0.0654. The number of furan rings is 1. The molecule has 150 valence electrons. The highest BCUT2D eigenvalue weighted by molar-refractivity contribution is 7.17. The number of rotatable bonds is 5. The van der Waals surface area contributed by atoms with Crippen molar-refractivity contribution in [2.75, 3.05) is 32.7 Å². The van der Waals surface area contributed by atoms with Crippen LogP contribution in [0.5, 0.6) is 0 Å². The first kappa shape index (κ1) is 19.6. The summed E-state index contributed by atoms with van der Waals surface area (Å²) in [5.41, 5.74) is 1.99. The van der Waals surface area contributed by atoms with Gasteiger partial charge in [-0.25, -0.2) is 4.98 Å². The zero-order valence-electron chi connectivity index (χ0n) is 16.8. The SMILES string of the molecule is Cc1ccc(-c2nc(C)c(C(=O)N3CCN(C/C=C/c4ccccc4)CC3)s2)o1. The molecule has 6 heteroatoms. The van der Waals surface area contributed by atoms with Crippen molar-refractivity contribution >= 4 is 23.3 Å². The second-order valence-electron chi connectivity index (χ2n) is 7.25. The fourth-order valence-electron chi connectivity index (χ4n) is 3.43. The van der Waals surface area contributed by atoms with Crippen LogP contribution in [0.15, 0.2) is 53.0 Å². The molecular formula is C23H25N3O2S. The largest absolute Gasteiger partial charge is 0.459 e. The number of thiazole rings is 1. The van der Waals surface area contributed by atoms with Gasteiger partial charge < -0.3 is 9.32 Å². The van der Waals surface area contributed by atoms with Crippen LogP contribution in [0.3, 0.4) is 0 Å². The third kappa shape index (κ3) is 4.66. The zero-order valence-corrected chi connectivity index (χ0v) is 17.6. The van der Waals surface area contributed by atoms with Gasteiger partial charge in [0.05, 0.1) is 5.69 Å². The van der Waals surface area contributed by atoms with Crippen LogP contribution in [-0.2, 0) is 0 Å². The Kier molecular flexibility index (Phi) is 5.92. The monoisotopic (exact) mass is 407 g/mol. The summed E-state index contributed by atoms with van der Waals surface area (Å²) in [5, 5.41) is 0.767. The number of carbonyl (C=O) groups excluding carboxylic acids is 1. The summed E-state index contributed by atoms with van der Waals surface area (Å²) in [6.45, 7) is 7.95. The molecule has 2 aromatic heterocycles. The number of nitrogens with zero attached hydrogens (tertiary/aromatic N) is 3. The fraction of sp³-hybridized carbons (Fsp3) is 0.304. The minimum Gasteiger partial charge on any atom is -0.459 e. The van der Waals surface area contributed by atoms with Gasteiger partial charge in [-0.05, 0) is 31.5 Å². The van der Waals surface area contributed by atoms with Gasteiger partial charge in [0, 0.05) is 32.7 Å². The molecule has 3 aromatic rings. The molecule has 0 radical (unpaired) electrons. The topological polar surface area (TPSA) is 49.6 Å². The van der Waals surface area contributed by atoms with Crippen molar-refractivity contribution in [3.8, 4) is 10.8 Å².